The molecule has 2 heterocycles. The van der Waals surface area contributed by atoms with Crippen molar-refractivity contribution in [3.8, 4) is 0 Å². The van der Waals surface area contributed by atoms with Gasteiger partial charge >= 0.3 is 5.97 Å². The van der Waals surface area contributed by atoms with Crippen molar-refractivity contribution >= 4 is 23.3 Å². The lowest BCUT2D eigenvalue weighted by Crippen LogP contribution is -2.39. The van der Waals surface area contributed by atoms with E-state index in [0.717, 1.165) is 70.0 Å². The number of nitrogens with zero attached hydrogens (tertiary/aromatic N) is 2. The number of carbonyl (C=O) groups excluding carboxylic acids is 1. The number of hydrogen-bond acceptors (Lipinski definition) is 5. The molecule has 2 fully saturated rings. The van der Waals surface area contributed by atoms with E-state index in [-0.39, 0.29) is 11.5 Å². The fourth-order valence-electron chi connectivity index (χ4n) is 4.71. The van der Waals surface area contributed by atoms with Gasteiger partial charge in [-0.1, -0.05) is 18.2 Å². The molecule has 0 aliphatic carbocycles. The van der Waals surface area contributed by atoms with Gasteiger partial charge in [0.25, 0.3) is 5.91 Å². The SMILES string of the molecule is Cc1ccccc1C(=O)Nc1cc(C(=O)O)ccc1N1CCC(CCN2CCOCC2)CC1. The molecule has 176 valence electrons. The van der Waals surface area contributed by atoms with Crippen LogP contribution >= 0.6 is 0 Å². The summed E-state index contributed by atoms with van der Waals surface area (Å²) in [5.74, 6) is -0.542. The standard InChI is InChI=1S/C26H33N3O4/c1-19-4-2-3-5-22(19)25(30)27-23-18-21(26(31)32)6-7-24(23)29-12-9-20(10-13-29)8-11-28-14-16-33-17-15-28/h2-7,18,20H,8-17H2,1H3,(H,27,30)(H,31,32). The third-order valence-electron chi connectivity index (χ3n) is 6.79. The highest BCUT2D eigenvalue weighted by atomic mass is 16.5. The Kier molecular flexibility index (Phi) is 7.62. The normalized spacial score (nSPS) is 17.7. The minimum atomic E-state index is -1.00. The number of carboxylic acid groups (broad SMARTS) is 1. The molecule has 2 aromatic carbocycles. The molecule has 4 rings (SSSR count). The molecule has 0 saturated carbocycles. The molecule has 2 aliphatic heterocycles. The number of morpholine rings is 1. The van der Waals surface area contributed by atoms with E-state index in [9.17, 15) is 14.7 Å². The highest BCUT2D eigenvalue weighted by molar-refractivity contribution is 6.07. The van der Waals surface area contributed by atoms with Crippen molar-refractivity contribution in [2.75, 3.05) is 56.2 Å². The van der Waals surface area contributed by atoms with Gasteiger partial charge in [-0.3, -0.25) is 9.69 Å². The van der Waals surface area contributed by atoms with Gasteiger partial charge in [0.2, 0.25) is 0 Å². The molecule has 0 aromatic heterocycles. The number of ether oxygens (including phenoxy) is 1. The van der Waals surface area contributed by atoms with E-state index >= 15 is 0 Å². The molecule has 1 amide bonds. The summed E-state index contributed by atoms with van der Waals surface area (Å²) in [5, 5.41) is 12.4. The van der Waals surface area contributed by atoms with Gasteiger partial charge in [-0.15, -0.1) is 0 Å². The van der Waals surface area contributed by atoms with Crippen LogP contribution in [0.25, 0.3) is 0 Å². The third kappa shape index (κ3) is 5.92. The molecule has 2 N–H and O–H groups in total. The van der Waals surface area contributed by atoms with Crippen LogP contribution in [0.15, 0.2) is 42.5 Å². The average molecular weight is 452 g/mol. The molecule has 2 saturated heterocycles. The maximum atomic E-state index is 12.9. The van der Waals surface area contributed by atoms with Crippen LogP contribution in [-0.2, 0) is 4.74 Å². The predicted molar refractivity (Wildman–Crippen MR) is 129 cm³/mol. The van der Waals surface area contributed by atoms with Crippen LogP contribution in [0, 0.1) is 12.8 Å². The first-order valence-corrected chi connectivity index (χ1v) is 11.8. The van der Waals surface area contributed by atoms with Gasteiger partial charge in [0.15, 0.2) is 0 Å². The molecular weight excluding hydrogens is 418 g/mol. The Bertz CT molecular complexity index is 979. The average Bonchev–Trinajstić information content (AvgIpc) is 2.84. The van der Waals surface area contributed by atoms with E-state index in [1.807, 2.05) is 31.2 Å². The molecule has 0 spiro atoms. The van der Waals surface area contributed by atoms with Gasteiger partial charge in [0.1, 0.15) is 0 Å². The highest BCUT2D eigenvalue weighted by Gasteiger charge is 2.24. The fourth-order valence-corrected chi connectivity index (χ4v) is 4.71. The van der Waals surface area contributed by atoms with Crippen molar-refractivity contribution in [2.24, 2.45) is 5.92 Å². The molecule has 0 unspecified atom stereocenters. The summed E-state index contributed by atoms with van der Waals surface area (Å²) >= 11 is 0. The topological polar surface area (TPSA) is 82.1 Å². The van der Waals surface area contributed by atoms with Crippen LogP contribution < -0.4 is 10.2 Å². The molecule has 33 heavy (non-hydrogen) atoms. The summed E-state index contributed by atoms with van der Waals surface area (Å²) < 4.78 is 5.44. The van der Waals surface area contributed by atoms with Gasteiger partial charge in [0.05, 0.1) is 30.2 Å². The molecular formula is C26H33N3O4. The van der Waals surface area contributed by atoms with Crippen LogP contribution in [0.5, 0.6) is 0 Å². The number of carbonyl (C=O) groups is 2. The van der Waals surface area contributed by atoms with Crippen molar-refractivity contribution in [3.63, 3.8) is 0 Å². The molecule has 7 nitrogen and oxygen atoms in total. The van der Waals surface area contributed by atoms with Crippen molar-refractivity contribution in [2.45, 2.75) is 26.2 Å². The minimum Gasteiger partial charge on any atom is -0.478 e. The summed E-state index contributed by atoms with van der Waals surface area (Å²) in [6.45, 7) is 8.53. The summed E-state index contributed by atoms with van der Waals surface area (Å²) in [6, 6.07) is 12.4. The lowest BCUT2D eigenvalue weighted by molar-refractivity contribution is 0.0349. The Morgan fingerprint density at radius 1 is 1.06 bits per heavy atom. The number of anilines is 2. The number of rotatable bonds is 7. The van der Waals surface area contributed by atoms with Crippen LogP contribution in [-0.4, -0.2) is 67.8 Å². The molecule has 0 atom stereocenters. The molecule has 2 aliphatic rings. The highest BCUT2D eigenvalue weighted by Crippen LogP contribution is 2.32. The van der Waals surface area contributed by atoms with Gasteiger partial charge in [-0.2, -0.15) is 0 Å². The zero-order valence-corrected chi connectivity index (χ0v) is 19.3. The van der Waals surface area contributed by atoms with E-state index in [2.05, 4.69) is 15.1 Å². The second-order valence-corrected chi connectivity index (χ2v) is 8.98. The summed E-state index contributed by atoms with van der Waals surface area (Å²) in [4.78, 5) is 29.3. The summed E-state index contributed by atoms with van der Waals surface area (Å²) in [7, 11) is 0. The zero-order chi connectivity index (χ0) is 23.2. The maximum Gasteiger partial charge on any atom is 0.335 e. The number of nitrogens with one attached hydrogen (secondary N) is 1. The minimum absolute atomic E-state index is 0.166. The van der Waals surface area contributed by atoms with Gasteiger partial charge in [0, 0.05) is 31.7 Å². The first-order chi connectivity index (χ1) is 16.0. The van der Waals surface area contributed by atoms with E-state index in [1.54, 1.807) is 18.2 Å². The van der Waals surface area contributed by atoms with Crippen LogP contribution in [0.4, 0.5) is 11.4 Å². The third-order valence-corrected chi connectivity index (χ3v) is 6.79. The Hall–Kier alpha value is -2.90. The summed E-state index contributed by atoms with van der Waals surface area (Å²) in [5.41, 5.74) is 3.07. The largest absolute Gasteiger partial charge is 0.478 e. The Balaban J connectivity index is 1.43. The quantitative estimate of drug-likeness (QED) is 0.665. The zero-order valence-electron chi connectivity index (χ0n) is 19.3. The fraction of sp³-hybridized carbons (Fsp3) is 0.462. The Morgan fingerprint density at radius 3 is 2.48 bits per heavy atom. The van der Waals surface area contributed by atoms with Crippen LogP contribution in [0.1, 0.15) is 45.5 Å². The van der Waals surface area contributed by atoms with Gasteiger partial charge in [-0.25, -0.2) is 4.79 Å². The molecule has 7 heteroatoms. The number of aromatic carboxylic acids is 1. The molecule has 0 bridgehead atoms. The van der Waals surface area contributed by atoms with Crippen molar-refractivity contribution < 1.29 is 19.4 Å². The van der Waals surface area contributed by atoms with Gasteiger partial charge < -0.3 is 20.1 Å². The van der Waals surface area contributed by atoms with Crippen molar-refractivity contribution in [1.82, 2.24) is 4.90 Å². The first-order valence-electron chi connectivity index (χ1n) is 11.8. The second-order valence-electron chi connectivity index (χ2n) is 8.98. The predicted octanol–water partition coefficient (Wildman–Crippen LogP) is 3.88. The smallest absolute Gasteiger partial charge is 0.335 e. The molecule has 0 radical (unpaired) electrons. The Morgan fingerprint density at radius 2 is 1.79 bits per heavy atom. The number of carboxylic acids is 1. The first kappa shape index (κ1) is 23.3. The number of hydrogen-bond donors (Lipinski definition) is 2. The van der Waals surface area contributed by atoms with Crippen LogP contribution in [0.2, 0.25) is 0 Å². The van der Waals surface area contributed by atoms with Crippen molar-refractivity contribution in [3.05, 3.63) is 59.2 Å². The van der Waals surface area contributed by atoms with Gasteiger partial charge in [-0.05, 0) is 68.5 Å². The van der Waals surface area contributed by atoms with Crippen molar-refractivity contribution in [1.29, 1.82) is 0 Å². The lowest BCUT2D eigenvalue weighted by atomic mass is 9.92. The van der Waals surface area contributed by atoms with E-state index in [4.69, 9.17) is 4.74 Å². The number of benzene rings is 2. The maximum absolute atomic E-state index is 12.9. The summed E-state index contributed by atoms with van der Waals surface area (Å²) in [6.07, 6.45) is 3.38. The van der Waals surface area contributed by atoms with E-state index < -0.39 is 5.97 Å². The number of amides is 1. The monoisotopic (exact) mass is 451 g/mol. The number of aryl methyl sites for hydroxylation is 1. The van der Waals surface area contributed by atoms with Crippen LogP contribution in [0.3, 0.4) is 0 Å². The van der Waals surface area contributed by atoms with E-state index in [0.29, 0.717) is 17.2 Å². The number of piperidine rings is 1. The van der Waals surface area contributed by atoms with E-state index in [1.165, 1.54) is 6.42 Å². The molecule has 2 aromatic rings. The lowest BCUT2D eigenvalue weighted by Gasteiger charge is -2.36. The second kappa shape index (κ2) is 10.8. The Labute approximate surface area is 195 Å².